The molecule has 0 spiro atoms. The molecule has 0 saturated heterocycles. The zero-order chi connectivity index (χ0) is 13.2. The van der Waals surface area contributed by atoms with Gasteiger partial charge in [0, 0.05) is 17.5 Å². The first-order valence-corrected chi connectivity index (χ1v) is 6.85. The Morgan fingerprint density at radius 2 is 2.05 bits per heavy atom. The summed E-state index contributed by atoms with van der Waals surface area (Å²) >= 11 is 1.57. The number of Topliss-reactive ketones (excluding diaryl/α,β-unsaturated/α-hetero) is 1. The van der Waals surface area contributed by atoms with Crippen molar-refractivity contribution in [2.45, 2.75) is 13.3 Å². The van der Waals surface area contributed by atoms with Crippen molar-refractivity contribution < 1.29 is 4.79 Å². The van der Waals surface area contributed by atoms with E-state index in [9.17, 15) is 4.79 Å². The zero-order valence-electron chi connectivity index (χ0n) is 10.5. The normalized spacial score (nSPS) is 10.8. The van der Waals surface area contributed by atoms with Gasteiger partial charge in [-0.25, -0.2) is 4.98 Å². The lowest BCUT2D eigenvalue weighted by Crippen LogP contribution is -2.06. The van der Waals surface area contributed by atoms with E-state index in [1.807, 2.05) is 37.3 Å². The third kappa shape index (κ3) is 2.39. The summed E-state index contributed by atoms with van der Waals surface area (Å²) in [5, 5.41) is 0.856. The van der Waals surface area contributed by atoms with Gasteiger partial charge in [-0.3, -0.25) is 9.78 Å². The van der Waals surface area contributed by atoms with E-state index in [-0.39, 0.29) is 5.78 Å². The maximum Gasteiger partial charge on any atom is 0.171 e. The van der Waals surface area contributed by atoms with Gasteiger partial charge in [0.2, 0.25) is 0 Å². The molecule has 0 unspecified atom stereocenters. The van der Waals surface area contributed by atoms with Crippen LogP contribution in [0.3, 0.4) is 0 Å². The molecule has 0 aliphatic heterocycles. The highest BCUT2D eigenvalue weighted by molar-refractivity contribution is 7.18. The predicted molar refractivity (Wildman–Crippen MR) is 76.6 cm³/mol. The van der Waals surface area contributed by atoms with Crippen LogP contribution in [0.2, 0.25) is 0 Å². The van der Waals surface area contributed by atoms with E-state index in [1.54, 1.807) is 23.6 Å². The fraction of sp³-hybridized carbons (Fsp3) is 0.133. The Hall–Kier alpha value is -2.07. The molecular formula is C15H12N2OS. The number of carbonyl (C=O) groups excluding carboxylic acids is 1. The standard InChI is InChI=1S/C15H12N2OS/c1-10-11(5-4-8-16-10)13(18)9-15-17-12-6-2-3-7-14(12)19-15/h2-8H,9H2,1H3. The minimum Gasteiger partial charge on any atom is -0.294 e. The second-order valence-electron chi connectivity index (χ2n) is 4.31. The molecule has 0 amide bonds. The number of hydrogen-bond donors (Lipinski definition) is 0. The molecule has 0 radical (unpaired) electrons. The largest absolute Gasteiger partial charge is 0.294 e. The lowest BCUT2D eigenvalue weighted by Gasteiger charge is -2.01. The lowest BCUT2D eigenvalue weighted by molar-refractivity contribution is 0.0992. The van der Waals surface area contributed by atoms with Gasteiger partial charge in [-0.2, -0.15) is 0 Å². The van der Waals surface area contributed by atoms with Gasteiger partial charge in [-0.15, -0.1) is 11.3 Å². The van der Waals surface area contributed by atoms with Crippen LogP contribution in [0, 0.1) is 6.92 Å². The van der Waals surface area contributed by atoms with Gasteiger partial charge in [0.15, 0.2) is 5.78 Å². The number of hydrogen-bond acceptors (Lipinski definition) is 4. The number of carbonyl (C=O) groups is 1. The van der Waals surface area contributed by atoms with Gasteiger partial charge in [0.1, 0.15) is 5.01 Å². The molecule has 1 aromatic carbocycles. The maximum atomic E-state index is 12.2. The van der Waals surface area contributed by atoms with Crippen LogP contribution in [0.15, 0.2) is 42.6 Å². The molecule has 19 heavy (non-hydrogen) atoms. The number of fused-ring (bicyclic) bond motifs is 1. The number of thiazole rings is 1. The summed E-state index contributed by atoms with van der Waals surface area (Å²) in [6.07, 6.45) is 2.04. The number of aryl methyl sites for hydroxylation is 1. The summed E-state index contributed by atoms with van der Waals surface area (Å²) in [4.78, 5) is 20.9. The number of ketones is 1. The number of pyridine rings is 1. The van der Waals surface area contributed by atoms with Crippen molar-refractivity contribution in [1.29, 1.82) is 0 Å². The first-order valence-electron chi connectivity index (χ1n) is 6.03. The van der Waals surface area contributed by atoms with Crippen molar-refractivity contribution in [2.75, 3.05) is 0 Å². The van der Waals surface area contributed by atoms with Gasteiger partial charge in [-0.05, 0) is 31.2 Å². The third-order valence-electron chi connectivity index (χ3n) is 2.96. The Kier molecular flexibility index (Phi) is 3.09. The molecule has 2 aromatic heterocycles. The van der Waals surface area contributed by atoms with Gasteiger partial charge < -0.3 is 0 Å². The summed E-state index contributed by atoms with van der Waals surface area (Å²) in [5.41, 5.74) is 2.41. The predicted octanol–water partition coefficient (Wildman–Crippen LogP) is 3.43. The van der Waals surface area contributed by atoms with Gasteiger partial charge in [0.05, 0.1) is 16.6 Å². The fourth-order valence-electron chi connectivity index (χ4n) is 2.01. The fourth-order valence-corrected chi connectivity index (χ4v) is 2.97. The van der Waals surface area contributed by atoms with Gasteiger partial charge in [0.25, 0.3) is 0 Å². The van der Waals surface area contributed by atoms with Crippen molar-refractivity contribution in [3.63, 3.8) is 0 Å². The first-order chi connectivity index (χ1) is 9.24. The van der Waals surface area contributed by atoms with Crippen LogP contribution in [0.25, 0.3) is 10.2 Å². The Bertz CT molecular complexity index is 715. The number of benzene rings is 1. The quantitative estimate of drug-likeness (QED) is 0.683. The van der Waals surface area contributed by atoms with Crippen LogP contribution in [0.5, 0.6) is 0 Å². The summed E-state index contributed by atoms with van der Waals surface area (Å²) in [5.74, 6) is 0.0738. The highest BCUT2D eigenvalue weighted by Gasteiger charge is 2.13. The molecule has 94 valence electrons. The Morgan fingerprint density at radius 1 is 1.21 bits per heavy atom. The Morgan fingerprint density at radius 3 is 2.84 bits per heavy atom. The molecule has 3 aromatic rings. The van der Waals surface area contributed by atoms with Crippen LogP contribution >= 0.6 is 11.3 Å². The first kappa shape index (κ1) is 12.0. The van der Waals surface area contributed by atoms with Crippen LogP contribution < -0.4 is 0 Å². The van der Waals surface area contributed by atoms with E-state index in [1.165, 1.54) is 0 Å². The zero-order valence-corrected chi connectivity index (χ0v) is 11.3. The SMILES string of the molecule is Cc1ncccc1C(=O)Cc1nc2ccccc2s1. The van der Waals surface area contributed by atoms with Crippen molar-refractivity contribution in [2.24, 2.45) is 0 Å². The summed E-state index contributed by atoms with van der Waals surface area (Å²) in [6, 6.07) is 11.5. The van der Waals surface area contributed by atoms with E-state index in [0.717, 1.165) is 20.9 Å². The number of para-hydroxylation sites is 1. The third-order valence-corrected chi connectivity index (χ3v) is 3.99. The van der Waals surface area contributed by atoms with Crippen molar-refractivity contribution >= 4 is 27.3 Å². The number of nitrogens with zero attached hydrogens (tertiary/aromatic N) is 2. The summed E-state index contributed by atoms with van der Waals surface area (Å²) in [6.45, 7) is 1.85. The smallest absolute Gasteiger partial charge is 0.171 e. The van der Waals surface area contributed by atoms with E-state index >= 15 is 0 Å². The Labute approximate surface area is 115 Å². The van der Waals surface area contributed by atoms with Gasteiger partial charge >= 0.3 is 0 Å². The molecule has 4 heteroatoms. The molecule has 0 N–H and O–H groups in total. The molecule has 3 nitrogen and oxygen atoms in total. The highest BCUT2D eigenvalue weighted by atomic mass is 32.1. The number of rotatable bonds is 3. The highest BCUT2D eigenvalue weighted by Crippen LogP contribution is 2.22. The molecule has 0 bridgehead atoms. The molecule has 0 aliphatic carbocycles. The maximum absolute atomic E-state index is 12.2. The Balaban J connectivity index is 1.89. The minimum atomic E-state index is 0.0738. The van der Waals surface area contributed by atoms with Crippen molar-refractivity contribution in [1.82, 2.24) is 9.97 Å². The molecule has 0 atom stereocenters. The second kappa shape index (κ2) is 4.90. The van der Waals surface area contributed by atoms with Crippen molar-refractivity contribution in [3.8, 4) is 0 Å². The topological polar surface area (TPSA) is 42.9 Å². The summed E-state index contributed by atoms with van der Waals surface area (Å²) in [7, 11) is 0. The van der Waals surface area contributed by atoms with E-state index < -0.39 is 0 Å². The molecule has 0 saturated carbocycles. The van der Waals surface area contributed by atoms with Crippen LogP contribution in [-0.4, -0.2) is 15.8 Å². The van der Waals surface area contributed by atoms with E-state index in [2.05, 4.69) is 9.97 Å². The van der Waals surface area contributed by atoms with Crippen LogP contribution in [0.1, 0.15) is 21.1 Å². The van der Waals surface area contributed by atoms with Crippen LogP contribution in [-0.2, 0) is 6.42 Å². The molecule has 3 rings (SSSR count). The van der Waals surface area contributed by atoms with Crippen molar-refractivity contribution in [3.05, 3.63) is 58.9 Å². The molecular weight excluding hydrogens is 256 g/mol. The molecule has 2 heterocycles. The minimum absolute atomic E-state index is 0.0738. The summed E-state index contributed by atoms with van der Waals surface area (Å²) < 4.78 is 1.12. The van der Waals surface area contributed by atoms with Crippen LogP contribution in [0.4, 0.5) is 0 Å². The molecule has 0 aliphatic rings. The van der Waals surface area contributed by atoms with Gasteiger partial charge in [-0.1, -0.05) is 12.1 Å². The lowest BCUT2D eigenvalue weighted by atomic mass is 10.1. The second-order valence-corrected chi connectivity index (χ2v) is 5.43. The van der Waals surface area contributed by atoms with E-state index in [0.29, 0.717) is 12.0 Å². The number of aromatic nitrogens is 2. The average Bonchev–Trinajstić information content (AvgIpc) is 2.81. The monoisotopic (exact) mass is 268 g/mol. The van der Waals surface area contributed by atoms with E-state index in [4.69, 9.17) is 0 Å². The average molecular weight is 268 g/mol. The molecule has 0 fully saturated rings.